The molecule has 0 saturated carbocycles. The smallest absolute Gasteiger partial charge is 0.231 e. The highest BCUT2D eigenvalue weighted by atomic mass is 16.7. The molecule has 3 rings (SSSR count). The van der Waals surface area contributed by atoms with Gasteiger partial charge >= 0.3 is 0 Å². The molecule has 0 bridgehead atoms. The Kier molecular flexibility index (Phi) is 2.33. The summed E-state index contributed by atoms with van der Waals surface area (Å²) in [7, 11) is 0. The summed E-state index contributed by atoms with van der Waals surface area (Å²) in [6, 6.07) is 7.65. The van der Waals surface area contributed by atoms with Crippen molar-refractivity contribution in [1.29, 1.82) is 0 Å². The van der Waals surface area contributed by atoms with E-state index in [1.165, 1.54) is 0 Å². The third kappa shape index (κ3) is 1.89. The van der Waals surface area contributed by atoms with E-state index in [4.69, 9.17) is 9.47 Å². The first-order valence-electron chi connectivity index (χ1n) is 5.34. The second kappa shape index (κ2) is 3.97. The summed E-state index contributed by atoms with van der Waals surface area (Å²) in [5.74, 6) is 1.57. The Hall–Kier alpha value is -2.23. The third-order valence-electron chi connectivity index (χ3n) is 2.71. The fourth-order valence-electron chi connectivity index (χ4n) is 1.88. The first-order chi connectivity index (χ1) is 8.35. The van der Waals surface area contributed by atoms with Crippen LogP contribution in [0.25, 0.3) is 0 Å². The van der Waals surface area contributed by atoms with Crippen molar-refractivity contribution in [2.24, 2.45) is 0 Å². The van der Waals surface area contributed by atoms with Crippen LogP contribution in [0.1, 0.15) is 15.9 Å². The predicted molar refractivity (Wildman–Crippen MR) is 61.5 cm³/mol. The predicted octanol–water partition coefficient (Wildman–Crippen LogP) is 2.08. The maximum absolute atomic E-state index is 10.6. The molecule has 0 atom stereocenters. The zero-order chi connectivity index (χ0) is 11.7. The average Bonchev–Trinajstić information content (AvgIpc) is 2.96. The van der Waals surface area contributed by atoms with Crippen LogP contribution >= 0.6 is 0 Å². The van der Waals surface area contributed by atoms with Crippen LogP contribution in [0.3, 0.4) is 0 Å². The summed E-state index contributed by atoms with van der Waals surface area (Å²) in [5, 5.41) is 0. The van der Waals surface area contributed by atoms with Crippen molar-refractivity contribution in [2.75, 3.05) is 6.79 Å². The molecule has 0 aliphatic carbocycles. The van der Waals surface area contributed by atoms with Gasteiger partial charge in [-0.2, -0.15) is 0 Å². The van der Waals surface area contributed by atoms with E-state index in [0.717, 1.165) is 23.3 Å². The van der Waals surface area contributed by atoms with E-state index in [2.05, 4.69) is 0 Å². The first kappa shape index (κ1) is 9.96. The minimum absolute atomic E-state index is 0.289. The summed E-state index contributed by atoms with van der Waals surface area (Å²) in [6.45, 7) is 1.00. The van der Waals surface area contributed by atoms with Gasteiger partial charge in [-0.25, -0.2) is 0 Å². The number of carbonyl (C=O) groups excluding carboxylic acids is 1. The van der Waals surface area contributed by atoms with Crippen molar-refractivity contribution in [1.82, 2.24) is 4.57 Å². The molecular weight excluding hydrogens is 218 g/mol. The number of carbonyl (C=O) groups is 1. The molecule has 0 unspecified atom stereocenters. The topological polar surface area (TPSA) is 40.5 Å². The molecule has 1 aromatic heterocycles. The SMILES string of the molecule is O=Cc1ccn(Cc2ccc3c(c2)OCO3)c1. The monoisotopic (exact) mass is 229 g/mol. The van der Waals surface area contributed by atoms with Crippen molar-refractivity contribution in [2.45, 2.75) is 6.54 Å². The molecule has 0 spiro atoms. The quantitative estimate of drug-likeness (QED) is 0.756. The minimum atomic E-state index is 0.289. The Labute approximate surface area is 98.4 Å². The first-order valence-corrected chi connectivity index (χ1v) is 5.34. The molecule has 4 heteroatoms. The molecule has 2 aromatic rings. The lowest BCUT2D eigenvalue weighted by atomic mass is 10.2. The zero-order valence-electron chi connectivity index (χ0n) is 9.13. The Morgan fingerprint density at radius 3 is 2.94 bits per heavy atom. The number of benzene rings is 1. The summed E-state index contributed by atoms with van der Waals surface area (Å²) < 4.78 is 12.5. The fourth-order valence-corrected chi connectivity index (χ4v) is 1.88. The Morgan fingerprint density at radius 2 is 2.12 bits per heavy atom. The largest absolute Gasteiger partial charge is 0.454 e. The van der Waals surface area contributed by atoms with Gasteiger partial charge < -0.3 is 14.0 Å². The highest BCUT2D eigenvalue weighted by Crippen LogP contribution is 2.32. The van der Waals surface area contributed by atoms with E-state index in [0.29, 0.717) is 12.1 Å². The molecule has 1 aromatic carbocycles. The molecule has 0 saturated heterocycles. The maximum Gasteiger partial charge on any atom is 0.231 e. The molecule has 17 heavy (non-hydrogen) atoms. The number of rotatable bonds is 3. The van der Waals surface area contributed by atoms with Gasteiger partial charge in [0.2, 0.25) is 6.79 Å². The van der Waals surface area contributed by atoms with Gasteiger partial charge in [-0.1, -0.05) is 6.07 Å². The maximum atomic E-state index is 10.6. The van der Waals surface area contributed by atoms with Gasteiger partial charge in [0.15, 0.2) is 17.8 Å². The second-order valence-corrected chi connectivity index (χ2v) is 3.92. The molecule has 2 heterocycles. The molecular formula is C13H11NO3. The van der Waals surface area contributed by atoms with Gasteiger partial charge in [0, 0.05) is 24.5 Å². The lowest BCUT2D eigenvalue weighted by molar-refractivity contribution is 0.112. The molecule has 0 fully saturated rings. The number of aromatic nitrogens is 1. The van der Waals surface area contributed by atoms with Gasteiger partial charge in [-0.15, -0.1) is 0 Å². The van der Waals surface area contributed by atoms with E-state index in [-0.39, 0.29) is 6.79 Å². The zero-order valence-corrected chi connectivity index (χ0v) is 9.13. The van der Waals surface area contributed by atoms with Gasteiger partial charge in [0.05, 0.1) is 0 Å². The van der Waals surface area contributed by atoms with Crippen molar-refractivity contribution in [3.05, 3.63) is 47.8 Å². The van der Waals surface area contributed by atoms with E-state index in [9.17, 15) is 4.79 Å². The molecule has 86 valence electrons. The van der Waals surface area contributed by atoms with E-state index >= 15 is 0 Å². The number of hydrogen-bond acceptors (Lipinski definition) is 3. The van der Waals surface area contributed by atoms with Crippen molar-refractivity contribution >= 4 is 6.29 Å². The highest BCUT2D eigenvalue weighted by Gasteiger charge is 2.13. The third-order valence-corrected chi connectivity index (χ3v) is 2.71. The van der Waals surface area contributed by atoms with Crippen LogP contribution in [0.5, 0.6) is 11.5 Å². The Balaban J connectivity index is 1.83. The highest BCUT2D eigenvalue weighted by molar-refractivity contribution is 5.74. The summed E-state index contributed by atoms with van der Waals surface area (Å²) in [5.41, 5.74) is 1.80. The lowest BCUT2D eigenvalue weighted by Gasteiger charge is -2.04. The van der Waals surface area contributed by atoms with Crippen molar-refractivity contribution < 1.29 is 14.3 Å². The lowest BCUT2D eigenvalue weighted by Crippen LogP contribution is -1.96. The van der Waals surface area contributed by atoms with Crippen LogP contribution in [0.2, 0.25) is 0 Å². The molecule has 0 radical (unpaired) electrons. The van der Waals surface area contributed by atoms with E-state index in [1.807, 2.05) is 35.2 Å². The normalized spacial score (nSPS) is 12.7. The van der Waals surface area contributed by atoms with Crippen LogP contribution in [-0.4, -0.2) is 17.6 Å². The number of hydrogen-bond donors (Lipinski definition) is 0. The van der Waals surface area contributed by atoms with Gasteiger partial charge in [0.1, 0.15) is 0 Å². The second-order valence-electron chi connectivity index (χ2n) is 3.92. The van der Waals surface area contributed by atoms with Crippen LogP contribution in [0.4, 0.5) is 0 Å². The van der Waals surface area contributed by atoms with E-state index in [1.54, 1.807) is 6.07 Å². The molecule has 0 amide bonds. The molecule has 4 nitrogen and oxygen atoms in total. The van der Waals surface area contributed by atoms with Crippen LogP contribution in [0.15, 0.2) is 36.7 Å². The van der Waals surface area contributed by atoms with Gasteiger partial charge in [-0.3, -0.25) is 4.79 Å². The van der Waals surface area contributed by atoms with E-state index < -0.39 is 0 Å². The molecule has 0 N–H and O–H groups in total. The van der Waals surface area contributed by atoms with Gasteiger partial charge in [-0.05, 0) is 23.8 Å². The standard InChI is InChI=1S/C13H11NO3/c15-8-11-3-4-14(7-11)6-10-1-2-12-13(5-10)17-9-16-12/h1-5,7-8H,6,9H2. The Morgan fingerprint density at radius 1 is 1.24 bits per heavy atom. The number of fused-ring (bicyclic) bond motifs is 1. The molecule has 1 aliphatic heterocycles. The Bertz CT molecular complexity index is 560. The van der Waals surface area contributed by atoms with Crippen molar-refractivity contribution in [3.8, 4) is 11.5 Å². The van der Waals surface area contributed by atoms with Crippen LogP contribution < -0.4 is 9.47 Å². The van der Waals surface area contributed by atoms with Gasteiger partial charge in [0.25, 0.3) is 0 Å². The number of nitrogens with zero attached hydrogens (tertiary/aromatic N) is 1. The van der Waals surface area contributed by atoms with Crippen molar-refractivity contribution in [3.63, 3.8) is 0 Å². The van der Waals surface area contributed by atoms with Crippen LogP contribution in [-0.2, 0) is 6.54 Å². The number of aldehydes is 1. The number of ether oxygens (including phenoxy) is 2. The molecule has 1 aliphatic rings. The summed E-state index contributed by atoms with van der Waals surface area (Å²) in [6.07, 6.45) is 4.54. The fraction of sp³-hybridized carbons (Fsp3) is 0.154. The summed E-state index contributed by atoms with van der Waals surface area (Å²) in [4.78, 5) is 10.6. The minimum Gasteiger partial charge on any atom is -0.454 e. The summed E-state index contributed by atoms with van der Waals surface area (Å²) >= 11 is 0. The average molecular weight is 229 g/mol. The van der Waals surface area contributed by atoms with Crippen LogP contribution in [0, 0.1) is 0 Å².